The number of hydrogen-bond donors (Lipinski definition) is 2. The predicted octanol–water partition coefficient (Wildman–Crippen LogP) is 4.46. The fourth-order valence-electron chi connectivity index (χ4n) is 2.87. The molecule has 0 unspecified atom stereocenters. The average Bonchev–Trinajstić information content (AvgIpc) is 3.39. The van der Waals surface area contributed by atoms with Crippen molar-refractivity contribution in [3.63, 3.8) is 0 Å². The van der Waals surface area contributed by atoms with Crippen LogP contribution in [0.3, 0.4) is 0 Å². The van der Waals surface area contributed by atoms with Crippen molar-refractivity contribution >= 4 is 11.8 Å². The summed E-state index contributed by atoms with van der Waals surface area (Å²) < 4.78 is 11.2. The summed E-state index contributed by atoms with van der Waals surface area (Å²) in [6.07, 6.45) is 5.96. The Bertz CT molecular complexity index is 971. The summed E-state index contributed by atoms with van der Waals surface area (Å²) in [5.41, 5.74) is 8.85. The number of nitrogen functional groups attached to an aromatic ring is 1. The Kier molecular flexibility index (Phi) is 4.57. The molecule has 0 bridgehead atoms. The van der Waals surface area contributed by atoms with Crippen molar-refractivity contribution < 1.29 is 8.83 Å². The first-order chi connectivity index (χ1) is 13.3. The summed E-state index contributed by atoms with van der Waals surface area (Å²) in [5.74, 6) is 2.13. The third-order valence-electron chi connectivity index (χ3n) is 4.04. The van der Waals surface area contributed by atoms with Crippen LogP contribution in [0.5, 0.6) is 0 Å². The van der Waals surface area contributed by atoms with Crippen LogP contribution in [0.15, 0.2) is 64.0 Å². The van der Waals surface area contributed by atoms with Gasteiger partial charge in [-0.25, -0.2) is 15.0 Å². The zero-order valence-electron chi connectivity index (χ0n) is 14.8. The van der Waals surface area contributed by atoms with E-state index in [4.69, 9.17) is 14.6 Å². The average molecular weight is 361 g/mol. The first-order valence-electron chi connectivity index (χ1n) is 8.72. The second-order valence-electron chi connectivity index (χ2n) is 5.97. The zero-order valence-corrected chi connectivity index (χ0v) is 14.8. The van der Waals surface area contributed by atoms with Gasteiger partial charge in [-0.1, -0.05) is 6.92 Å². The first-order valence-corrected chi connectivity index (χ1v) is 8.72. The SMILES string of the molecule is CCCNc1cc(-c2c(-c3ccco3)nc(N)nc2-c2ccco2)ccn1. The van der Waals surface area contributed by atoms with Crippen LogP contribution in [-0.2, 0) is 0 Å². The molecule has 0 spiro atoms. The van der Waals surface area contributed by atoms with Crippen LogP contribution in [0.4, 0.5) is 11.8 Å². The Labute approximate surface area is 156 Å². The summed E-state index contributed by atoms with van der Waals surface area (Å²) in [5, 5.41) is 3.30. The predicted molar refractivity (Wildman–Crippen MR) is 104 cm³/mol. The Balaban J connectivity index is 1.95. The Hall–Kier alpha value is -3.61. The summed E-state index contributed by atoms with van der Waals surface area (Å²) in [7, 11) is 0. The van der Waals surface area contributed by atoms with Gasteiger partial charge in [-0.3, -0.25) is 0 Å². The molecule has 0 saturated heterocycles. The van der Waals surface area contributed by atoms with Gasteiger partial charge in [0.05, 0.1) is 12.5 Å². The number of nitrogens with zero attached hydrogens (tertiary/aromatic N) is 3. The van der Waals surface area contributed by atoms with Gasteiger partial charge in [0, 0.05) is 18.3 Å². The van der Waals surface area contributed by atoms with E-state index in [-0.39, 0.29) is 5.95 Å². The minimum Gasteiger partial charge on any atom is -0.463 e. The van der Waals surface area contributed by atoms with E-state index < -0.39 is 0 Å². The standard InChI is InChI=1S/C20H19N5O2/c1-2-8-22-16-12-13(7-9-23-16)17-18(14-5-3-10-26-14)24-20(21)25-19(17)15-6-4-11-27-15/h3-7,9-12H,2,8H2,1H3,(H,22,23)(H2,21,24,25). The quantitative estimate of drug-likeness (QED) is 0.522. The van der Waals surface area contributed by atoms with E-state index in [1.807, 2.05) is 36.4 Å². The van der Waals surface area contributed by atoms with E-state index in [9.17, 15) is 0 Å². The molecule has 0 aliphatic heterocycles. The Morgan fingerprint density at radius 2 is 1.67 bits per heavy atom. The fourth-order valence-corrected chi connectivity index (χ4v) is 2.87. The number of pyridine rings is 1. The molecule has 4 rings (SSSR count). The van der Waals surface area contributed by atoms with Gasteiger partial charge in [-0.05, 0) is 48.4 Å². The molecule has 3 N–H and O–H groups in total. The number of rotatable bonds is 6. The van der Waals surface area contributed by atoms with Crippen molar-refractivity contribution in [1.82, 2.24) is 15.0 Å². The number of furan rings is 2. The molecule has 27 heavy (non-hydrogen) atoms. The van der Waals surface area contributed by atoms with E-state index in [1.165, 1.54) is 0 Å². The number of nitrogens with two attached hydrogens (primary N) is 1. The molecule has 4 aromatic heterocycles. The number of hydrogen-bond acceptors (Lipinski definition) is 7. The molecule has 0 atom stereocenters. The minimum absolute atomic E-state index is 0.148. The highest BCUT2D eigenvalue weighted by Crippen LogP contribution is 2.39. The molecule has 0 aliphatic carbocycles. The van der Waals surface area contributed by atoms with E-state index >= 15 is 0 Å². The lowest BCUT2D eigenvalue weighted by Gasteiger charge is -2.13. The molecular weight excluding hydrogens is 342 g/mol. The summed E-state index contributed by atoms with van der Waals surface area (Å²) in [6, 6.07) is 11.2. The lowest BCUT2D eigenvalue weighted by Crippen LogP contribution is -2.04. The molecule has 0 radical (unpaired) electrons. The van der Waals surface area contributed by atoms with Crippen LogP contribution < -0.4 is 11.1 Å². The molecule has 136 valence electrons. The molecule has 0 saturated carbocycles. The van der Waals surface area contributed by atoms with Gasteiger partial charge < -0.3 is 19.9 Å². The highest BCUT2D eigenvalue weighted by molar-refractivity contribution is 5.89. The largest absolute Gasteiger partial charge is 0.463 e. The monoisotopic (exact) mass is 361 g/mol. The van der Waals surface area contributed by atoms with Crippen molar-refractivity contribution in [2.45, 2.75) is 13.3 Å². The van der Waals surface area contributed by atoms with Crippen LogP contribution in [0.1, 0.15) is 13.3 Å². The smallest absolute Gasteiger partial charge is 0.221 e. The summed E-state index contributed by atoms with van der Waals surface area (Å²) >= 11 is 0. The van der Waals surface area contributed by atoms with Gasteiger partial charge >= 0.3 is 0 Å². The molecule has 0 aliphatic rings. The summed E-state index contributed by atoms with van der Waals surface area (Å²) in [6.45, 7) is 2.94. The van der Waals surface area contributed by atoms with Gasteiger partial charge in [0.1, 0.15) is 17.2 Å². The van der Waals surface area contributed by atoms with Crippen molar-refractivity contribution in [3.05, 3.63) is 55.1 Å². The van der Waals surface area contributed by atoms with Crippen molar-refractivity contribution in [3.8, 4) is 34.0 Å². The molecule has 7 heteroatoms. The maximum atomic E-state index is 5.98. The number of anilines is 2. The molecular formula is C20H19N5O2. The van der Waals surface area contributed by atoms with E-state index in [0.29, 0.717) is 22.9 Å². The second kappa shape index (κ2) is 7.33. The minimum atomic E-state index is 0.148. The highest BCUT2D eigenvalue weighted by Gasteiger charge is 2.21. The molecule has 0 fully saturated rings. The first kappa shape index (κ1) is 16.8. The normalized spacial score (nSPS) is 10.9. The van der Waals surface area contributed by atoms with Crippen LogP contribution in [0.25, 0.3) is 34.0 Å². The topological polar surface area (TPSA) is 103 Å². The molecule has 4 aromatic rings. The number of nitrogens with one attached hydrogen (secondary N) is 1. The lowest BCUT2D eigenvalue weighted by atomic mass is 10.00. The van der Waals surface area contributed by atoms with Crippen LogP contribution in [0, 0.1) is 0 Å². The Morgan fingerprint density at radius 1 is 1.00 bits per heavy atom. The van der Waals surface area contributed by atoms with Gasteiger partial charge in [0.25, 0.3) is 0 Å². The van der Waals surface area contributed by atoms with E-state index in [1.54, 1.807) is 18.7 Å². The second-order valence-corrected chi connectivity index (χ2v) is 5.97. The fraction of sp³-hybridized carbons (Fsp3) is 0.150. The molecule has 4 heterocycles. The molecule has 0 aromatic carbocycles. The van der Waals surface area contributed by atoms with Crippen molar-refractivity contribution in [2.24, 2.45) is 0 Å². The van der Waals surface area contributed by atoms with E-state index in [2.05, 4.69) is 27.2 Å². The molecule has 0 amide bonds. The van der Waals surface area contributed by atoms with Crippen molar-refractivity contribution in [1.29, 1.82) is 0 Å². The maximum absolute atomic E-state index is 5.98. The van der Waals surface area contributed by atoms with Crippen LogP contribution >= 0.6 is 0 Å². The van der Waals surface area contributed by atoms with Gasteiger partial charge in [-0.15, -0.1) is 0 Å². The third-order valence-corrected chi connectivity index (χ3v) is 4.04. The van der Waals surface area contributed by atoms with Crippen molar-refractivity contribution in [2.75, 3.05) is 17.6 Å². The third kappa shape index (κ3) is 3.39. The van der Waals surface area contributed by atoms with Gasteiger partial charge in [0.15, 0.2) is 11.5 Å². The van der Waals surface area contributed by atoms with Gasteiger partial charge in [-0.2, -0.15) is 0 Å². The van der Waals surface area contributed by atoms with Gasteiger partial charge in [0.2, 0.25) is 5.95 Å². The van der Waals surface area contributed by atoms with Crippen LogP contribution in [0.2, 0.25) is 0 Å². The zero-order chi connectivity index (χ0) is 18.6. The summed E-state index contributed by atoms with van der Waals surface area (Å²) in [4.78, 5) is 13.3. The number of aromatic nitrogens is 3. The Morgan fingerprint density at radius 3 is 2.22 bits per heavy atom. The van der Waals surface area contributed by atoms with Crippen LogP contribution in [-0.4, -0.2) is 21.5 Å². The molecule has 7 nitrogen and oxygen atoms in total. The maximum Gasteiger partial charge on any atom is 0.221 e. The lowest BCUT2D eigenvalue weighted by molar-refractivity contribution is 0.577. The highest BCUT2D eigenvalue weighted by atomic mass is 16.3. The van der Waals surface area contributed by atoms with E-state index in [0.717, 1.165) is 29.9 Å².